The van der Waals surface area contributed by atoms with Crippen LogP contribution in [0.1, 0.15) is 44.9 Å². The Hall–Kier alpha value is -3.12. The van der Waals surface area contributed by atoms with Gasteiger partial charge in [0.15, 0.2) is 11.8 Å². The molecule has 1 saturated heterocycles. The van der Waals surface area contributed by atoms with Crippen molar-refractivity contribution in [2.75, 3.05) is 13.7 Å². The minimum Gasteiger partial charge on any atom is -0.496 e. The number of carbonyl (C=O) groups is 3. The second-order valence-electron chi connectivity index (χ2n) is 11.2. The lowest BCUT2D eigenvalue weighted by molar-refractivity contribution is -0.145. The minimum atomic E-state index is -2.04. The summed E-state index contributed by atoms with van der Waals surface area (Å²) in [5, 5.41) is 15.3. The molecule has 2 fully saturated rings. The predicted molar refractivity (Wildman–Crippen MR) is 142 cm³/mol. The third-order valence-electron chi connectivity index (χ3n) is 7.17. The number of aryl methyl sites for hydroxylation is 1. The molecular formula is C27H34F2N4O5S. The van der Waals surface area contributed by atoms with Gasteiger partial charge in [-0.1, -0.05) is 32.9 Å². The first-order valence-corrected chi connectivity index (χ1v) is 13.6. The van der Waals surface area contributed by atoms with E-state index in [0.717, 1.165) is 21.0 Å². The van der Waals surface area contributed by atoms with Gasteiger partial charge in [-0.25, -0.2) is 13.8 Å². The first-order valence-electron chi connectivity index (χ1n) is 12.7. The number of nitrogens with one attached hydrogen (secondary N) is 2. The zero-order valence-electron chi connectivity index (χ0n) is 22.6. The molecule has 12 heteroatoms. The van der Waals surface area contributed by atoms with E-state index >= 15 is 4.39 Å². The van der Waals surface area contributed by atoms with Gasteiger partial charge < -0.3 is 25.4 Å². The summed E-state index contributed by atoms with van der Waals surface area (Å²) in [5.74, 6) is -1.97. The number of aliphatic hydroxyl groups is 1. The van der Waals surface area contributed by atoms with Crippen LogP contribution in [0.25, 0.3) is 10.4 Å². The molecule has 39 heavy (non-hydrogen) atoms. The van der Waals surface area contributed by atoms with Gasteiger partial charge >= 0.3 is 0 Å². The number of hydrogen-bond donors (Lipinski definition) is 3. The van der Waals surface area contributed by atoms with E-state index in [2.05, 4.69) is 15.6 Å². The number of hydrogen-bond acceptors (Lipinski definition) is 7. The van der Waals surface area contributed by atoms with Crippen molar-refractivity contribution in [1.82, 2.24) is 20.5 Å². The summed E-state index contributed by atoms with van der Waals surface area (Å²) in [5.41, 5.74) is 1.27. The van der Waals surface area contributed by atoms with E-state index < -0.39 is 59.7 Å². The van der Waals surface area contributed by atoms with E-state index in [1.807, 2.05) is 19.1 Å². The van der Waals surface area contributed by atoms with Crippen molar-refractivity contribution >= 4 is 29.1 Å². The average Bonchev–Trinajstić information content (AvgIpc) is 3.38. The Labute approximate surface area is 229 Å². The lowest BCUT2D eigenvalue weighted by Gasteiger charge is -2.35. The molecule has 212 valence electrons. The van der Waals surface area contributed by atoms with Gasteiger partial charge in [0.05, 0.1) is 29.7 Å². The molecule has 4 atom stereocenters. The highest BCUT2D eigenvalue weighted by Gasteiger charge is 2.54. The maximum atomic E-state index is 15.1. The van der Waals surface area contributed by atoms with Gasteiger partial charge in [-0.15, -0.1) is 11.3 Å². The lowest BCUT2D eigenvalue weighted by Crippen LogP contribution is -2.59. The van der Waals surface area contributed by atoms with E-state index in [1.165, 1.54) is 18.4 Å². The maximum absolute atomic E-state index is 15.1. The van der Waals surface area contributed by atoms with Gasteiger partial charge in [-0.3, -0.25) is 14.4 Å². The van der Waals surface area contributed by atoms with Crippen molar-refractivity contribution in [3.05, 3.63) is 35.0 Å². The molecule has 4 rings (SSSR count). The zero-order valence-corrected chi connectivity index (χ0v) is 23.4. The molecule has 9 nitrogen and oxygen atoms in total. The molecule has 0 unspecified atom stereocenters. The van der Waals surface area contributed by atoms with Gasteiger partial charge in [0.2, 0.25) is 11.8 Å². The van der Waals surface area contributed by atoms with E-state index in [-0.39, 0.29) is 19.4 Å². The van der Waals surface area contributed by atoms with Crippen molar-refractivity contribution in [2.45, 2.75) is 77.1 Å². The number of amides is 3. The predicted octanol–water partition coefficient (Wildman–Crippen LogP) is 2.69. The fourth-order valence-electron chi connectivity index (χ4n) is 4.62. The van der Waals surface area contributed by atoms with E-state index in [9.17, 15) is 23.9 Å². The van der Waals surface area contributed by atoms with Crippen molar-refractivity contribution in [2.24, 2.45) is 5.41 Å². The smallest absolute Gasteiger partial charge is 0.258 e. The molecule has 1 aromatic heterocycles. The largest absolute Gasteiger partial charge is 0.496 e. The number of thiazole rings is 1. The third kappa shape index (κ3) is 5.91. The Balaban J connectivity index is 1.50. The minimum absolute atomic E-state index is 0.0187. The molecule has 3 N–H and O–H groups in total. The van der Waals surface area contributed by atoms with Gasteiger partial charge in [-0.2, -0.15) is 0 Å². The van der Waals surface area contributed by atoms with Crippen LogP contribution in [0.15, 0.2) is 23.7 Å². The number of ether oxygens (including phenoxy) is 1. The van der Waals surface area contributed by atoms with Crippen LogP contribution in [0.3, 0.4) is 0 Å². The number of β-amino-alcohol motifs (C(OH)–C–C–N with tert-alkyl or cyclic N) is 1. The van der Waals surface area contributed by atoms with Crippen LogP contribution < -0.4 is 15.4 Å². The second-order valence-corrected chi connectivity index (χ2v) is 12.1. The number of benzene rings is 1. The highest BCUT2D eigenvalue weighted by atomic mass is 32.1. The molecule has 2 aliphatic rings. The van der Waals surface area contributed by atoms with E-state index in [1.54, 1.807) is 32.3 Å². The molecule has 0 bridgehead atoms. The highest BCUT2D eigenvalue weighted by Crippen LogP contribution is 2.40. The maximum Gasteiger partial charge on any atom is 0.258 e. The van der Waals surface area contributed by atoms with Crippen LogP contribution in [-0.2, 0) is 20.9 Å². The number of carbonyl (C=O) groups excluding carboxylic acids is 3. The number of methoxy groups -OCH3 is 1. The van der Waals surface area contributed by atoms with Crippen LogP contribution in [-0.4, -0.2) is 76.4 Å². The van der Waals surface area contributed by atoms with Gasteiger partial charge in [0, 0.05) is 12.1 Å². The number of alkyl halides is 2. The van der Waals surface area contributed by atoms with Crippen LogP contribution in [0, 0.1) is 12.3 Å². The fraction of sp³-hybridized carbons (Fsp3) is 0.556. The monoisotopic (exact) mass is 564 g/mol. The van der Waals surface area contributed by atoms with Gasteiger partial charge in [-0.05, 0) is 36.8 Å². The molecule has 1 aromatic carbocycles. The summed E-state index contributed by atoms with van der Waals surface area (Å²) >= 11 is 1.49. The van der Waals surface area contributed by atoms with Crippen LogP contribution in [0.4, 0.5) is 8.78 Å². The van der Waals surface area contributed by atoms with Gasteiger partial charge in [0.1, 0.15) is 23.9 Å². The summed E-state index contributed by atoms with van der Waals surface area (Å²) in [6, 6.07) is 2.62. The van der Waals surface area contributed by atoms with Crippen molar-refractivity contribution < 1.29 is 33.0 Å². The van der Waals surface area contributed by atoms with E-state index in [0.29, 0.717) is 11.3 Å². The van der Waals surface area contributed by atoms with Crippen molar-refractivity contribution in [1.29, 1.82) is 0 Å². The SMILES string of the molecule is COc1cc(-c2scnc2C)ccc1CNC(=O)[C@@H]1[C@@H](F)[C@@H](O)CN1C(=O)[C@@H](NC(=O)C1(F)CC1)C(C)(C)C. The Bertz CT molecular complexity index is 1260. The summed E-state index contributed by atoms with van der Waals surface area (Å²) in [4.78, 5) is 45.3. The standard InChI is InChI=1S/C27H34F2N4O5S/c1-14-21(39-13-31-14)15-6-7-16(18(10-15)38-5)11-30-23(35)20-19(28)17(34)12-33(20)24(36)22(26(2,3)4)32-25(37)27(29)8-9-27/h6-7,10,13,17,19-20,22,34H,8-9,11-12H2,1-5H3,(H,30,35)(H,32,37)/t17-,19-,20-,22+/m0/s1. The molecular weight excluding hydrogens is 530 g/mol. The number of halogens is 2. The summed E-state index contributed by atoms with van der Waals surface area (Å²) in [6.45, 7) is 6.46. The Morgan fingerprint density at radius 2 is 2.00 bits per heavy atom. The zero-order chi connectivity index (χ0) is 28.7. The number of aliphatic hydroxyl groups excluding tert-OH is 1. The van der Waals surface area contributed by atoms with Crippen molar-refractivity contribution in [3.63, 3.8) is 0 Å². The molecule has 1 aliphatic heterocycles. The number of rotatable bonds is 8. The van der Waals surface area contributed by atoms with Crippen LogP contribution in [0.5, 0.6) is 5.75 Å². The number of likely N-dealkylation sites (tertiary alicyclic amines) is 1. The molecule has 1 aliphatic carbocycles. The summed E-state index contributed by atoms with van der Waals surface area (Å²) < 4.78 is 34.9. The Kier molecular flexibility index (Phi) is 8.00. The molecule has 3 amide bonds. The number of nitrogens with zero attached hydrogens (tertiary/aromatic N) is 2. The Morgan fingerprint density at radius 1 is 1.31 bits per heavy atom. The summed E-state index contributed by atoms with van der Waals surface area (Å²) in [7, 11) is 1.50. The average molecular weight is 565 g/mol. The summed E-state index contributed by atoms with van der Waals surface area (Å²) in [6.07, 6.45) is -3.50. The van der Waals surface area contributed by atoms with Crippen LogP contribution >= 0.6 is 11.3 Å². The lowest BCUT2D eigenvalue weighted by atomic mass is 9.85. The topological polar surface area (TPSA) is 121 Å². The van der Waals surface area contributed by atoms with Crippen molar-refractivity contribution in [3.8, 4) is 16.2 Å². The third-order valence-corrected chi connectivity index (χ3v) is 8.15. The first kappa shape index (κ1) is 28.9. The van der Waals surface area contributed by atoms with Crippen LogP contribution in [0.2, 0.25) is 0 Å². The quantitative estimate of drug-likeness (QED) is 0.454. The van der Waals surface area contributed by atoms with Gasteiger partial charge in [0.25, 0.3) is 5.91 Å². The molecule has 1 saturated carbocycles. The fourth-order valence-corrected chi connectivity index (χ4v) is 5.42. The first-order chi connectivity index (χ1) is 18.3. The molecule has 0 spiro atoms. The molecule has 2 aromatic rings. The second kappa shape index (κ2) is 10.8. The highest BCUT2D eigenvalue weighted by molar-refractivity contribution is 7.13. The van der Waals surface area contributed by atoms with E-state index in [4.69, 9.17) is 4.74 Å². The normalized spacial score (nSPS) is 22.8. The molecule has 0 radical (unpaired) electrons. The molecule has 2 heterocycles. The Morgan fingerprint density at radius 3 is 2.56 bits per heavy atom. The number of aromatic nitrogens is 1.